The highest BCUT2D eigenvalue weighted by Gasteiger charge is 2.12. The Morgan fingerprint density at radius 3 is 2.55 bits per heavy atom. The fourth-order valence-corrected chi connectivity index (χ4v) is 2.41. The van der Waals surface area contributed by atoms with Gasteiger partial charge in [-0.1, -0.05) is 0 Å². The van der Waals surface area contributed by atoms with Gasteiger partial charge in [0.2, 0.25) is 0 Å². The Kier molecular flexibility index (Phi) is 3.62. The number of H-pyrrole nitrogens is 1. The number of hydrogen-bond acceptors (Lipinski definition) is 4. The molecule has 20 heavy (non-hydrogen) atoms. The molecule has 1 aliphatic heterocycles. The number of amides is 1. The van der Waals surface area contributed by atoms with E-state index in [1.165, 1.54) is 31.1 Å². The summed E-state index contributed by atoms with van der Waals surface area (Å²) in [6.45, 7) is 2.23. The van der Waals surface area contributed by atoms with Gasteiger partial charge in [-0.25, -0.2) is 0 Å². The maximum atomic E-state index is 11.8. The predicted octanol–water partition coefficient (Wildman–Crippen LogP) is 2.05. The van der Waals surface area contributed by atoms with E-state index in [-0.39, 0.29) is 11.6 Å². The molecule has 0 atom stereocenters. The number of rotatable bonds is 3. The van der Waals surface area contributed by atoms with Crippen molar-refractivity contribution in [3.63, 3.8) is 0 Å². The van der Waals surface area contributed by atoms with E-state index in [1.54, 1.807) is 0 Å². The molecule has 1 aromatic carbocycles. The number of hydrogen-bond donors (Lipinski definition) is 2. The second-order valence-electron chi connectivity index (χ2n) is 4.90. The van der Waals surface area contributed by atoms with Crippen molar-refractivity contribution in [3.05, 3.63) is 36.2 Å². The van der Waals surface area contributed by atoms with Gasteiger partial charge in [-0.15, -0.1) is 0 Å². The zero-order valence-corrected chi connectivity index (χ0v) is 11.2. The van der Waals surface area contributed by atoms with Crippen molar-refractivity contribution in [2.45, 2.75) is 19.3 Å². The van der Waals surface area contributed by atoms with Crippen LogP contribution in [0.3, 0.4) is 0 Å². The van der Waals surface area contributed by atoms with Crippen molar-refractivity contribution >= 4 is 17.3 Å². The Balaban J connectivity index is 1.65. The summed E-state index contributed by atoms with van der Waals surface area (Å²) in [5.41, 5.74) is 2.26. The number of aromatic amines is 1. The minimum Gasteiger partial charge on any atom is -0.372 e. The quantitative estimate of drug-likeness (QED) is 0.896. The highest BCUT2D eigenvalue weighted by atomic mass is 16.2. The second kappa shape index (κ2) is 5.73. The van der Waals surface area contributed by atoms with Crippen LogP contribution in [0, 0.1) is 0 Å². The van der Waals surface area contributed by atoms with Crippen LogP contribution < -0.4 is 10.2 Å². The van der Waals surface area contributed by atoms with Crippen molar-refractivity contribution < 1.29 is 4.79 Å². The highest BCUT2D eigenvalue weighted by molar-refractivity contribution is 6.02. The molecule has 2 heterocycles. The lowest BCUT2D eigenvalue weighted by molar-refractivity contribution is 0.102. The van der Waals surface area contributed by atoms with E-state index < -0.39 is 0 Å². The van der Waals surface area contributed by atoms with Crippen molar-refractivity contribution in [2.75, 3.05) is 23.3 Å². The normalized spacial score (nSPS) is 15.1. The zero-order chi connectivity index (χ0) is 13.8. The number of benzene rings is 1. The summed E-state index contributed by atoms with van der Waals surface area (Å²) in [5, 5.41) is 12.6. The molecule has 0 saturated carbocycles. The van der Waals surface area contributed by atoms with Crippen LogP contribution in [0.1, 0.15) is 29.8 Å². The van der Waals surface area contributed by atoms with Crippen LogP contribution in [-0.4, -0.2) is 34.4 Å². The van der Waals surface area contributed by atoms with Crippen LogP contribution >= 0.6 is 0 Å². The van der Waals surface area contributed by atoms with Crippen LogP contribution in [-0.2, 0) is 0 Å². The number of carbonyl (C=O) groups is 1. The number of nitrogens with one attached hydrogen (secondary N) is 2. The molecule has 6 heteroatoms. The maximum Gasteiger partial charge on any atom is 0.277 e. The zero-order valence-electron chi connectivity index (χ0n) is 11.2. The van der Waals surface area contributed by atoms with Crippen LogP contribution in [0.4, 0.5) is 11.4 Å². The fourth-order valence-electron chi connectivity index (χ4n) is 2.41. The highest BCUT2D eigenvalue weighted by Crippen LogP contribution is 2.21. The van der Waals surface area contributed by atoms with Gasteiger partial charge in [-0.05, 0) is 43.5 Å². The summed E-state index contributed by atoms with van der Waals surface area (Å²) in [6.07, 6.45) is 5.23. The summed E-state index contributed by atoms with van der Waals surface area (Å²) >= 11 is 0. The number of piperidine rings is 1. The van der Waals surface area contributed by atoms with Gasteiger partial charge in [0.25, 0.3) is 5.91 Å². The largest absolute Gasteiger partial charge is 0.372 e. The van der Waals surface area contributed by atoms with Gasteiger partial charge in [0.1, 0.15) is 0 Å². The molecule has 1 aromatic heterocycles. The summed E-state index contributed by atoms with van der Waals surface area (Å²) in [5.74, 6) is -0.260. The average molecular weight is 271 g/mol. The standard InChI is InChI=1S/C14H17N5O/c20-14(13-10-15-18-17-13)16-11-4-6-12(7-5-11)19-8-2-1-3-9-19/h4-7,10H,1-3,8-9H2,(H,16,20)(H,15,17,18). The monoisotopic (exact) mass is 271 g/mol. The molecule has 2 N–H and O–H groups in total. The molecular weight excluding hydrogens is 254 g/mol. The van der Waals surface area contributed by atoms with Crippen molar-refractivity contribution in [2.24, 2.45) is 0 Å². The summed E-state index contributed by atoms with van der Waals surface area (Å²) < 4.78 is 0. The lowest BCUT2D eigenvalue weighted by atomic mass is 10.1. The first-order valence-corrected chi connectivity index (χ1v) is 6.85. The first kappa shape index (κ1) is 12.7. The Hall–Kier alpha value is -2.37. The van der Waals surface area contributed by atoms with Gasteiger partial charge in [0.15, 0.2) is 5.69 Å². The third-order valence-electron chi connectivity index (χ3n) is 3.49. The molecule has 1 amide bonds. The van der Waals surface area contributed by atoms with Crippen molar-refractivity contribution in [1.29, 1.82) is 0 Å². The molecular formula is C14H17N5O. The van der Waals surface area contributed by atoms with Crippen LogP contribution in [0.25, 0.3) is 0 Å². The molecule has 1 fully saturated rings. The van der Waals surface area contributed by atoms with Crippen LogP contribution in [0.5, 0.6) is 0 Å². The van der Waals surface area contributed by atoms with E-state index in [4.69, 9.17) is 0 Å². The summed E-state index contributed by atoms with van der Waals surface area (Å²) in [6, 6.07) is 7.93. The molecule has 0 aliphatic carbocycles. The van der Waals surface area contributed by atoms with Gasteiger partial charge in [0, 0.05) is 24.5 Å². The predicted molar refractivity (Wildman–Crippen MR) is 76.8 cm³/mol. The topological polar surface area (TPSA) is 73.9 Å². The molecule has 6 nitrogen and oxygen atoms in total. The molecule has 3 rings (SSSR count). The first-order chi connectivity index (χ1) is 9.83. The molecule has 0 bridgehead atoms. The van der Waals surface area contributed by atoms with Crippen LogP contribution in [0.15, 0.2) is 30.5 Å². The van der Waals surface area contributed by atoms with E-state index >= 15 is 0 Å². The van der Waals surface area contributed by atoms with Gasteiger partial charge >= 0.3 is 0 Å². The maximum absolute atomic E-state index is 11.8. The number of carbonyl (C=O) groups excluding carboxylic acids is 1. The minimum absolute atomic E-state index is 0.260. The van der Waals surface area contributed by atoms with Crippen molar-refractivity contribution in [1.82, 2.24) is 15.4 Å². The van der Waals surface area contributed by atoms with Gasteiger partial charge < -0.3 is 10.2 Å². The van der Waals surface area contributed by atoms with E-state index in [9.17, 15) is 4.79 Å². The Labute approximate surface area is 117 Å². The van der Waals surface area contributed by atoms with Gasteiger partial charge in [0.05, 0.1) is 6.20 Å². The SMILES string of the molecule is O=C(Nc1ccc(N2CCCCC2)cc1)c1cn[nH]n1. The second-order valence-corrected chi connectivity index (χ2v) is 4.90. The molecule has 104 valence electrons. The smallest absolute Gasteiger partial charge is 0.277 e. The molecule has 0 unspecified atom stereocenters. The van der Waals surface area contributed by atoms with E-state index in [1.807, 2.05) is 24.3 Å². The third-order valence-corrected chi connectivity index (χ3v) is 3.49. The number of nitrogens with zero attached hydrogens (tertiary/aromatic N) is 3. The fraction of sp³-hybridized carbons (Fsp3) is 0.357. The molecule has 1 aliphatic rings. The van der Waals surface area contributed by atoms with Crippen molar-refractivity contribution in [3.8, 4) is 0 Å². The minimum atomic E-state index is -0.260. The third kappa shape index (κ3) is 2.79. The average Bonchev–Trinajstić information content (AvgIpc) is 3.03. The summed E-state index contributed by atoms with van der Waals surface area (Å²) in [4.78, 5) is 14.2. The van der Waals surface area contributed by atoms with E-state index in [0.717, 1.165) is 18.8 Å². The van der Waals surface area contributed by atoms with E-state index in [0.29, 0.717) is 0 Å². The molecule has 0 radical (unpaired) electrons. The Morgan fingerprint density at radius 1 is 1.15 bits per heavy atom. The molecule has 1 saturated heterocycles. The Morgan fingerprint density at radius 2 is 1.90 bits per heavy atom. The lowest BCUT2D eigenvalue weighted by Gasteiger charge is -2.28. The Bertz CT molecular complexity index is 558. The summed E-state index contributed by atoms with van der Waals surface area (Å²) in [7, 11) is 0. The van der Waals surface area contributed by atoms with Gasteiger partial charge in [-0.3, -0.25) is 4.79 Å². The first-order valence-electron chi connectivity index (χ1n) is 6.85. The van der Waals surface area contributed by atoms with Gasteiger partial charge in [-0.2, -0.15) is 15.4 Å². The molecule has 0 spiro atoms. The lowest BCUT2D eigenvalue weighted by Crippen LogP contribution is -2.29. The van der Waals surface area contributed by atoms with Crippen LogP contribution in [0.2, 0.25) is 0 Å². The van der Waals surface area contributed by atoms with E-state index in [2.05, 4.69) is 25.6 Å². The number of anilines is 2. The number of aromatic nitrogens is 3. The molecule has 2 aromatic rings.